The molecule has 1 aliphatic rings. The van der Waals surface area contributed by atoms with Crippen LogP contribution in [0.5, 0.6) is 0 Å². The van der Waals surface area contributed by atoms with Gasteiger partial charge in [-0.2, -0.15) is 0 Å². The van der Waals surface area contributed by atoms with Crippen LogP contribution in [0.3, 0.4) is 0 Å². The largest absolute Gasteiger partial charge is 0.352 e. The van der Waals surface area contributed by atoms with Crippen LogP contribution in [0, 0.1) is 0 Å². The maximum atomic E-state index is 13.8. The van der Waals surface area contributed by atoms with Gasteiger partial charge in [-0.3, -0.25) is 9.59 Å². The minimum absolute atomic E-state index is 0.129. The maximum Gasteiger partial charge on any atom is 0.243 e. The molecule has 3 aromatic carbocycles. The zero-order valence-electron chi connectivity index (χ0n) is 19.9. The Morgan fingerprint density at radius 2 is 1.56 bits per heavy atom. The predicted octanol–water partition coefficient (Wildman–Crippen LogP) is 6.89. The molecular formula is C29H29Cl3N2O2. The van der Waals surface area contributed by atoms with Crippen molar-refractivity contribution < 1.29 is 9.59 Å². The lowest BCUT2D eigenvalue weighted by molar-refractivity contribution is -0.141. The van der Waals surface area contributed by atoms with Crippen LogP contribution in [-0.2, 0) is 29.0 Å². The Kier molecular flexibility index (Phi) is 9.30. The van der Waals surface area contributed by atoms with E-state index < -0.39 is 6.04 Å². The van der Waals surface area contributed by atoms with Gasteiger partial charge in [-0.1, -0.05) is 96.2 Å². The molecule has 0 saturated heterocycles. The first-order valence-corrected chi connectivity index (χ1v) is 13.3. The van der Waals surface area contributed by atoms with Crippen molar-refractivity contribution in [1.82, 2.24) is 10.2 Å². The molecule has 1 aliphatic carbocycles. The smallest absolute Gasteiger partial charge is 0.243 e. The van der Waals surface area contributed by atoms with Crippen LogP contribution >= 0.6 is 34.8 Å². The van der Waals surface area contributed by atoms with Gasteiger partial charge in [-0.05, 0) is 53.8 Å². The highest BCUT2D eigenvalue weighted by Crippen LogP contribution is 2.25. The van der Waals surface area contributed by atoms with Gasteiger partial charge in [0.2, 0.25) is 11.8 Å². The molecule has 1 saturated carbocycles. The van der Waals surface area contributed by atoms with Crippen molar-refractivity contribution in [3.8, 4) is 0 Å². The van der Waals surface area contributed by atoms with E-state index in [-0.39, 0.29) is 30.8 Å². The van der Waals surface area contributed by atoms with E-state index in [9.17, 15) is 9.59 Å². The van der Waals surface area contributed by atoms with E-state index in [4.69, 9.17) is 34.8 Å². The number of halogens is 3. The molecule has 4 nitrogen and oxygen atoms in total. The van der Waals surface area contributed by atoms with Gasteiger partial charge in [0.15, 0.2) is 0 Å². The second-order valence-electron chi connectivity index (χ2n) is 9.27. The number of carbonyl (C=O) groups excluding carboxylic acids is 2. The Morgan fingerprint density at radius 3 is 2.25 bits per heavy atom. The fraction of sp³-hybridized carbons (Fsp3) is 0.310. The van der Waals surface area contributed by atoms with E-state index in [0.29, 0.717) is 21.5 Å². The summed E-state index contributed by atoms with van der Waals surface area (Å²) < 4.78 is 0. The molecule has 3 aromatic rings. The zero-order chi connectivity index (χ0) is 25.5. The van der Waals surface area contributed by atoms with Gasteiger partial charge in [-0.25, -0.2) is 0 Å². The molecule has 1 unspecified atom stereocenters. The number of carbonyl (C=O) groups is 2. The lowest BCUT2D eigenvalue weighted by atomic mass is 10.0. The lowest BCUT2D eigenvalue weighted by Crippen LogP contribution is -2.52. The van der Waals surface area contributed by atoms with E-state index in [1.54, 1.807) is 29.2 Å². The van der Waals surface area contributed by atoms with Gasteiger partial charge in [0, 0.05) is 24.0 Å². The van der Waals surface area contributed by atoms with Crippen molar-refractivity contribution in [2.75, 3.05) is 0 Å². The maximum absolute atomic E-state index is 13.8. The Balaban J connectivity index is 1.67. The quantitative estimate of drug-likeness (QED) is 0.319. The summed E-state index contributed by atoms with van der Waals surface area (Å²) in [5.41, 5.74) is 2.58. The van der Waals surface area contributed by atoms with E-state index in [2.05, 4.69) is 5.32 Å². The van der Waals surface area contributed by atoms with Crippen molar-refractivity contribution >= 4 is 46.6 Å². The first kappa shape index (κ1) is 26.5. The van der Waals surface area contributed by atoms with Gasteiger partial charge >= 0.3 is 0 Å². The third-order valence-corrected chi connectivity index (χ3v) is 7.53. The summed E-state index contributed by atoms with van der Waals surface area (Å²) in [5, 5.41) is 4.63. The van der Waals surface area contributed by atoms with E-state index >= 15 is 0 Å². The SMILES string of the molecule is O=C(NC1CCCC1)C(Cc1ccccc1)N(Cc1ccc(Cl)c(Cl)c1)C(=O)Cc1cccc(Cl)c1. The van der Waals surface area contributed by atoms with Gasteiger partial charge in [0.1, 0.15) is 6.04 Å². The van der Waals surface area contributed by atoms with Crippen LogP contribution in [0.4, 0.5) is 0 Å². The molecule has 2 amide bonds. The molecule has 0 aliphatic heterocycles. The molecule has 4 rings (SSSR count). The standard InChI is InChI=1S/C29H29Cl3N2O2/c30-23-10-6-9-21(15-23)18-28(35)34(19-22-13-14-25(31)26(32)16-22)27(17-20-7-2-1-3-8-20)29(36)33-24-11-4-5-12-24/h1-3,6-10,13-16,24,27H,4-5,11-12,17-19H2,(H,33,36). The fourth-order valence-electron chi connectivity index (χ4n) is 4.68. The van der Waals surface area contributed by atoms with Crippen molar-refractivity contribution in [2.45, 2.75) is 57.2 Å². The third-order valence-electron chi connectivity index (χ3n) is 6.55. The van der Waals surface area contributed by atoms with Gasteiger partial charge in [-0.15, -0.1) is 0 Å². The zero-order valence-corrected chi connectivity index (χ0v) is 22.2. The van der Waals surface area contributed by atoms with Crippen molar-refractivity contribution in [1.29, 1.82) is 0 Å². The van der Waals surface area contributed by atoms with Crippen LogP contribution < -0.4 is 5.32 Å². The first-order chi connectivity index (χ1) is 17.4. The molecular weight excluding hydrogens is 515 g/mol. The summed E-state index contributed by atoms with van der Waals surface area (Å²) in [6, 6.07) is 21.8. The molecule has 0 aromatic heterocycles. The Hall–Kier alpha value is -2.53. The minimum atomic E-state index is -0.686. The average Bonchev–Trinajstić information content (AvgIpc) is 3.37. The van der Waals surface area contributed by atoms with Crippen LogP contribution in [-0.4, -0.2) is 28.8 Å². The number of nitrogens with one attached hydrogen (secondary N) is 1. The number of nitrogens with zero attached hydrogens (tertiary/aromatic N) is 1. The molecule has 1 atom stereocenters. The van der Waals surface area contributed by atoms with Crippen LogP contribution in [0.15, 0.2) is 72.8 Å². The summed E-state index contributed by atoms with van der Waals surface area (Å²) in [6.45, 7) is 0.228. The minimum Gasteiger partial charge on any atom is -0.352 e. The third kappa shape index (κ3) is 7.25. The van der Waals surface area contributed by atoms with E-state index in [1.165, 1.54) is 0 Å². The summed E-state index contributed by atoms with van der Waals surface area (Å²) in [5.74, 6) is -0.295. The molecule has 36 heavy (non-hydrogen) atoms. The van der Waals surface area contributed by atoms with Crippen LogP contribution in [0.2, 0.25) is 15.1 Å². The fourth-order valence-corrected chi connectivity index (χ4v) is 5.21. The summed E-state index contributed by atoms with van der Waals surface area (Å²) in [6.07, 6.45) is 4.68. The number of hydrogen-bond acceptors (Lipinski definition) is 2. The molecule has 0 heterocycles. The van der Waals surface area contributed by atoms with Gasteiger partial charge in [0.05, 0.1) is 16.5 Å². The predicted molar refractivity (Wildman–Crippen MR) is 147 cm³/mol. The van der Waals surface area contributed by atoms with Crippen LogP contribution in [0.1, 0.15) is 42.4 Å². The molecule has 0 bridgehead atoms. The highest BCUT2D eigenvalue weighted by atomic mass is 35.5. The topological polar surface area (TPSA) is 49.4 Å². The Bertz CT molecular complexity index is 1200. The monoisotopic (exact) mass is 542 g/mol. The number of amides is 2. The molecule has 1 N–H and O–H groups in total. The average molecular weight is 544 g/mol. The molecule has 0 radical (unpaired) electrons. The van der Waals surface area contributed by atoms with Crippen molar-refractivity contribution in [3.63, 3.8) is 0 Å². The van der Waals surface area contributed by atoms with Crippen molar-refractivity contribution in [3.05, 3.63) is 105 Å². The number of rotatable bonds is 9. The highest BCUT2D eigenvalue weighted by molar-refractivity contribution is 6.42. The highest BCUT2D eigenvalue weighted by Gasteiger charge is 2.32. The summed E-state index contributed by atoms with van der Waals surface area (Å²) in [4.78, 5) is 29.2. The summed E-state index contributed by atoms with van der Waals surface area (Å²) in [7, 11) is 0. The molecule has 188 valence electrons. The Morgan fingerprint density at radius 1 is 0.833 bits per heavy atom. The summed E-state index contributed by atoms with van der Waals surface area (Å²) >= 11 is 18.6. The molecule has 1 fully saturated rings. The second-order valence-corrected chi connectivity index (χ2v) is 10.5. The van der Waals surface area contributed by atoms with Gasteiger partial charge < -0.3 is 10.2 Å². The first-order valence-electron chi connectivity index (χ1n) is 12.2. The second kappa shape index (κ2) is 12.6. The molecule has 0 spiro atoms. The number of benzene rings is 3. The van der Waals surface area contributed by atoms with Crippen LogP contribution in [0.25, 0.3) is 0 Å². The lowest BCUT2D eigenvalue weighted by Gasteiger charge is -2.32. The van der Waals surface area contributed by atoms with Crippen molar-refractivity contribution in [2.24, 2.45) is 0 Å². The van der Waals surface area contributed by atoms with E-state index in [1.807, 2.05) is 48.5 Å². The number of hydrogen-bond donors (Lipinski definition) is 1. The van der Waals surface area contributed by atoms with Gasteiger partial charge in [0.25, 0.3) is 0 Å². The molecule has 7 heteroatoms. The normalized spacial score (nSPS) is 14.4. The van der Waals surface area contributed by atoms with E-state index in [0.717, 1.165) is 42.4 Å². The Labute approximate surface area is 227 Å².